The Morgan fingerprint density at radius 1 is 1.42 bits per heavy atom. The van der Waals surface area contributed by atoms with Gasteiger partial charge in [-0.25, -0.2) is 4.98 Å². The van der Waals surface area contributed by atoms with E-state index < -0.39 is 0 Å². The molecule has 0 aliphatic carbocycles. The third-order valence-electron chi connectivity index (χ3n) is 5.06. The van der Waals surface area contributed by atoms with Gasteiger partial charge in [0.05, 0.1) is 6.54 Å². The number of carbonyl (C=O) groups excluding carboxylic acids is 1. The van der Waals surface area contributed by atoms with E-state index in [-0.39, 0.29) is 5.91 Å². The summed E-state index contributed by atoms with van der Waals surface area (Å²) in [6, 6.07) is 4.07. The van der Waals surface area contributed by atoms with Crippen molar-refractivity contribution in [3.8, 4) is 0 Å². The number of nitrogens with one attached hydrogen (secondary N) is 1. The predicted octanol–water partition coefficient (Wildman–Crippen LogP) is 2.77. The van der Waals surface area contributed by atoms with E-state index in [2.05, 4.69) is 32.8 Å². The van der Waals surface area contributed by atoms with Crippen LogP contribution in [0, 0.1) is 12.8 Å². The molecule has 26 heavy (non-hydrogen) atoms. The van der Waals surface area contributed by atoms with Gasteiger partial charge in [0.15, 0.2) is 0 Å². The minimum Gasteiger partial charge on any atom is -0.465 e. The second kappa shape index (κ2) is 9.03. The number of aromatic nitrogens is 2. The number of hydrogen-bond acceptors (Lipinski definition) is 4. The Bertz CT molecular complexity index is 706. The zero-order valence-electron chi connectivity index (χ0n) is 15.9. The molecule has 6 nitrogen and oxygen atoms in total. The molecule has 3 rings (SSSR count). The lowest BCUT2D eigenvalue weighted by Crippen LogP contribution is -2.40. The lowest BCUT2D eigenvalue weighted by atomic mass is 9.98. The van der Waals surface area contributed by atoms with Gasteiger partial charge in [0.25, 0.3) is 0 Å². The summed E-state index contributed by atoms with van der Waals surface area (Å²) < 4.78 is 7.75. The first-order valence-electron chi connectivity index (χ1n) is 9.68. The highest BCUT2D eigenvalue weighted by Gasteiger charge is 2.21. The highest BCUT2D eigenvalue weighted by atomic mass is 16.3. The minimum absolute atomic E-state index is 0.125. The maximum atomic E-state index is 12.2. The summed E-state index contributed by atoms with van der Waals surface area (Å²) >= 11 is 0. The number of aryl methyl sites for hydroxylation is 3. The molecule has 0 bridgehead atoms. The summed E-state index contributed by atoms with van der Waals surface area (Å²) in [5, 5.41) is 3.12. The molecule has 1 saturated heterocycles. The molecular weight excluding hydrogens is 328 g/mol. The molecule has 2 aromatic rings. The lowest BCUT2D eigenvalue weighted by Gasteiger charge is -2.32. The SMILES string of the molecule is CCc1nccn1CCC(=O)NCC1CCCN(Cc2ccc(C)o2)C1. The van der Waals surface area contributed by atoms with Gasteiger partial charge in [-0.2, -0.15) is 0 Å². The first-order valence-corrected chi connectivity index (χ1v) is 9.68. The molecule has 0 spiro atoms. The van der Waals surface area contributed by atoms with Gasteiger partial charge < -0.3 is 14.3 Å². The van der Waals surface area contributed by atoms with E-state index in [0.29, 0.717) is 18.9 Å². The van der Waals surface area contributed by atoms with Crippen LogP contribution in [-0.4, -0.2) is 40.0 Å². The van der Waals surface area contributed by atoms with E-state index in [9.17, 15) is 4.79 Å². The van der Waals surface area contributed by atoms with Crippen LogP contribution in [0.15, 0.2) is 28.9 Å². The quantitative estimate of drug-likeness (QED) is 0.788. The summed E-state index contributed by atoms with van der Waals surface area (Å²) in [6.45, 7) is 8.49. The number of amides is 1. The Kier molecular flexibility index (Phi) is 6.50. The van der Waals surface area contributed by atoms with Crippen LogP contribution in [0.2, 0.25) is 0 Å². The number of hydrogen-bond donors (Lipinski definition) is 1. The first-order chi connectivity index (χ1) is 12.6. The van der Waals surface area contributed by atoms with Crippen LogP contribution in [0.4, 0.5) is 0 Å². The van der Waals surface area contributed by atoms with E-state index in [1.165, 1.54) is 12.8 Å². The number of nitrogens with zero attached hydrogens (tertiary/aromatic N) is 3. The predicted molar refractivity (Wildman–Crippen MR) is 101 cm³/mol. The fourth-order valence-electron chi connectivity index (χ4n) is 3.68. The molecule has 0 radical (unpaired) electrons. The van der Waals surface area contributed by atoms with Crippen molar-refractivity contribution in [3.05, 3.63) is 41.9 Å². The fraction of sp³-hybridized carbons (Fsp3) is 0.600. The average molecular weight is 358 g/mol. The van der Waals surface area contributed by atoms with Gasteiger partial charge in [-0.3, -0.25) is 9.69 Å². The second-order valence-electron chi connectivity index (χ2n) is 7.20. The summed E-state index contributed by atoms with van der Waals surface area (Å²) in [7, 11) is 0. The minimum atomic E-state index is 0.125. The lowest BCUT2D eigenvalue weighted by molar-refractivity contribution is -0.121. The molecule has 1 atom stereocenters. The third-order valence-corrected chi connectivity index (χ3v) is 5.06. The van der Waals surface area contributed by atoms with Crippen molar-refractivity contribution >= 4 is 5.91 Å². The average Bonchev–Trinajstić information content (AvgIpc) is 3.27. The number of piperidine rings is 1. The normalized spacial score (nSPS) is 18.2. The number of carbonyl (C=O) groups is 1. The van der Waals surface area contributed by atoms with Crippen LogP contribution in [0.1, 0.15) is 43.5 Å². The van der Waals surface area contributed by atoms with Gasteiger partial charge in [0.1, 0.15) is 17.3 Å². The monoisotopic (exact) mass is 358 g/mol. The Morgan fingerprint density at radius 2 is 2.31 bits per heavy atom. The van der Waals surface area contributed by atoms with Crippen molar-refractivity contribution in [2.45, 2.75) is 52.6 Å². The van der Waals surface area contributed by atoms with Crippen molar-refractivity contribution in [3.63, 3.8) is 0 Å². The smallest absolute Gasteiger partial charge is 0.221 e. The van der Waals surface area contributed by atoms with Gasteiger partial charge in [-0.05, 0) is 44.4 Å². The van der Waals surface area contributed by atoms with Gasteiger partial charge in [0, 0.05) is 44.9 Å². The van der Waals surface area contributed by atoms with Crippen molar-refractivity contribution in [1.29, 1.82) is 0 Å². The molecular formula is C20H30N4O2. The highest BCUT2D eigenvalue weighted by molar-refractivity contribution is 5.75. The van der Waals surface area contributed by atoms with E-state index >= 15 is 0 Å². The largest absolute Gasteiger partial charge is 0.465 e. The van der Waals surface area contributed by atoms with E-state index in [1.807, 2.05) is 19.2 Å². The van der Waals surface area contributed by atoms with Crippen LogP contribution in [-0.2, 0) is 24.3 Å². The molecule has 3 heterocycles. The van der Waals surface area contributed by atoms with Crippen molar-refractivity contribution in [2.24, 2.45) is 5.92 Å². The molecule has 1 fully saturated rings. The molecule has 1 N–H and O–H groups in total. The van der Waals surface area contributed by atoms with Crippen LogP contribution in [0.5, 0.6) is 0 Å². The van der Waals surface area contributed by atoms with Gasteiger partial charge >= 0.3 is 0 Å². The fourth-order valence-corrected chi connectivity index (χ4v) is 3.68. The molecule has 1 unspecified atom stereocenters. The first kappa shape index (κ1) is 18.7. The number of imidazole rings is 1. The molecule has 1 aliphatic rings. The number of likely N-dealkylation sites (tertiary alicyclic amines) is 1. The molecule has 0 aromatic carbocycles. The summed E-state index contributed by atoms with van der Waals surface area (Å²) in [4.78, 5) is 18.9. The number of rotatable bonds is 8. The number of furan rings is 1. The maximum absolute atomic E-state index is 12.2. The molecule has 1 aliphatic heterocycles. The van der Waals surface area contributed by atoms with Gasteiger partial charge in [-0.1, -0.05) is 6.92 Å². The van der Waals surface area contributed by atoms with E-state index in [1.54, 1.807) is 6.20 Å². The zero-order chi connectivity index (χ0) is 18.4. The van der Waals surface area contributed by atoms with Crippen LogP contribution in [0.25, 0.3) is 0 Å². The van der Waals surface area contributed by atoms with Crippen LogP contribution in [0.3, 0.4) is 0 Å². The molecule has 2 aromatic heterocycles. The van der Waals surface area contributed by atoms with E-state index in [0.717, 1.165) is 49.9 Å². The van der Waals surface area contributed by atoms with Crippen molar-refractivity contribution in [1.82, 2.24) is 19.8 Å². The maximum Gasteiger partial charge on any atom is 0.221 e. The Balaban J connectivity index is 1.38. The van der Waals surface area contributed by atoms with Crippen LogP contribution < -0.4 is 5.32 Å². The molecule has 0 saturated carbocycles. The third kappa shape index (κ3) is 5.21. The highest BCUT2D eigenvalue weighted by Crippen LogP contribution is 2.19. The topological polar surface area (TPSA) is 63.3 Å². The molecule has 142 valence electrons. The summed E-state index contributed by atoms with van der Waals surface area (Å²) in [5.74, 6) is 3.67. The Labute approximate surface area is 155 Å². The standard InChI is InChI=1S/C20H30N4O2/c1-3-19-21-9-12-24(19)11-8-20(25)22-13-17-5-4-10-23(14-17)15-18-7-6-16(2)26-18/h6-7,9,12,17H,3-5,8,10-11,13-15H2,1-2H3,(H,22,25). The molecule has 6 heteroatoms. The summed E-state index contributed by atoms with van der Waals surface area (Å²) in [5.41, 5.74) is 0. The van der Waals surface area contributed by atoms with Gasteiger partial charge in [-0.15, -0.1) is 0 Å². The second-order valence-corrected chi connectivity index (χ2v) is 7.20. The van der Waals surface area contributed by atoms with E-state index in [4.69, 9.17) is 4.42 Å². The summed E-state index contributed by atoms with van der Waals surface area (Å²) in [6.07, 6.45) is 7.49. The van der Waals surface area contributed by atoms with Crippen molar-refractivity contribution in [2.75, 3.05) is 19.6 Å². The van der Waals surface area contributed by atoms with Gasteiger partial charge in [0.2, 0.25) is 5.91 Å². The molecule has 1 amide bonds. The Hall–Kier alpha value is -2.08. The van der Waals surface area contributed by atoms with Crippen LogP contribution >= 0.6 is 0 Å². The Morgan fingerprint density at radius 3 is 3.08 bits per heavy atom. The van der Waals surface area contributed by atoms with Crippen molar-refractivity contribution < 1.29 is 9.21 Å². The zero-order valence-corrected chi connectivity index (χ0v) is 15.9.